The van der Waals surface area contributed by atoms with Crippen molar-refractivity contribution < 1.29 is 9.72 Å². The molecule has 0 bridgehead atoms. The molecule has 1 fully saturated rings. The highest BCUT2D eigenvalue weighted by Crippen LogP contribution is 2.46. The summed E-state index contributed by atoms with van der Waals surface area (Å²) in [4.78, 5) is 25.7. The van der Waals surface area contributed by atoms with Crippen molar-refractivity contribution in [1.29, 1.82) is 0 Å². The van der Waals surface area contributed by atoms with Crippen LogP contribution in [0.2, 0.25) is 0 Å². The molecule has 0 radical (unpaired) electrons. The van der Waals surface area contributed by atoms with Crippen LogP contribution in [0.15, 0.2) is 48.5 Å². The van der Waals surface area contributed by atoms with Crippen molar-refractivity contribution in [2.75, 3.05) is 0 Å². The van der Waals surface area contributed by atoms with E-state index in [0.29, 0.717) is 13.1 Å². The van der Waals surface area contributed by atoms with E-state index in [1.54, 1.807) is 12.1 Å². The van der Waals surface area contributed by atoms with Gasteiger partial charge in [-0.2, -0.15) is 0 Å². The van der Waals surface area contributed by atoms with E-state index in [1.165, 1.54) is 11.6 Å². The average molecular weight is 336 g/mol. The summed E-state index contributed by atoms with van der Waals surface area (Å²) in [5.74, 6) is 0.196. The van der Waals surface area contributed by atoms with E-state index in [2.05, 4.69) is 12.1 Å². The van der Waals surface area contributed by atoms with Gasteiger partial charge in [-0.15, -0.1) is 0 Å². The summed E-state index contributed by atoms with van der Waals surface area (Å²) in [7, 11) is 0. The molecular formula is C20H20N2O3. The molecule has 0 spiro atoms. The van der Waals surface area contributed by atoms with Gasteiger partial charge in [0.25, 0.3) is 5.69 Å². The van der Waals surface area contributed by atoms with Crippen molar-refractivity contribution in [3.8, 4) is 0 Å². The van der Waals surface area contributed by atoms with Gasteiger partial charge < -0.3 is 4.90 Å². The van der Waals surface area contributed by atoms with E-state index in [9.17, 15) is 14.9 Å². The van der Waals surface area contributed by atoms with Gasteiger partial charge in [0, 0.05) is 25.2 Å². The van der Waals surface area contributed by atoms with E-state index in [4.69, 9.17) is 0 Å². The van der Waals surface area contributed by atoms with Crippen molar-refractivity contribution in [3.05, 3.63) is 75.3 Å². The second kappa shape index (κ2) is 5.99. The molecule has 2 aliphatic rings. The fourth-order valence-corrected chi connectivity index (χ4v) is 4.03. The Morgan fingerprint density at radius 2 is 1.80 bits per heavy atom. The Morgan fingerprint density at radius 1 is 1.08 bits per heavy atom. The summed E-state index contributed by atoms with van der Waals surface area (Å²) in [5.41, 5.74) is 2.92. The number of fused-ring (bicyclic) bond motifs is 1. The normalized spacial score (nSPS) is 17.7. The number of hydrogen-bond donors (Lipinski definition) is 0. The van der Waals surface area contributed by atoms with Crippen LogP contribution in [0.25, 0.3) is 0 Å². The van der Waals surface area contributed by atoms with Gasteiger partial charge in [0.1, 0.15) is 0 Å². The Hall–Kier alpha value is -2.69. The maximum absolute atomic E-state index is 13.2. The number of amides is 1. The van der Waals surface area contributed by atoms with Crippen LogP contribution in [-0.4, -0.2) is 15.7 Å². The number of nitrogens with zero attached hydrogens (tertiary/aromatic N) is 2. The molecule has 2 aromatic rings. The molecule has 0 saturated heterocycles. The van der Waals surface area contributed by atoms with Crippen LogP contribution in [0, 0.1) is 15.5 Å². The second-order valence-corrected chi connectivity index (χ2v) is 7.17. The number of rotatable bonds is 4. The van der Waals surface area contributed by atoms with Crippen LogP contribution >= 0.6 is 0 Å². The summed E-state index contributed by atoms with van der Waals surface area (Å²) in [6.45, 7) is 1.04. The third kappa shape index (κ3) is 2.80. The Bertz CT molecular complexity index is 828. The van der Waals surface area contributed by atoms with E-state index >= 15 is 0 Å². The zero-order valence-electron chi connectivity index (χ0n) is 14.0. The summed E-state index contributed by atoms with van der Waals surface area (Å²) in [5, 5.41) is 11.0. The highest BCUT2D eigenvalue weighted by molar-refractivity contribution is 5.84. The molecule has 2 aromatic carbocycles. The number of nitro groups is 1. The van der Waals surface area contributed by atoms with Crippen LogP contribution in [0.4, 0.5) is 5.69 Å². The SMILES string of the molecule is O=C(N1Cc2ccc([N+](=O)[O-])cc2C1)C1(Cc2ccccc2)CCC1. The largest absolute Gasteiger partial charge is 0.334 e. The van der Waals surface area contributed by atoms with Gasteiger partial charge in [-0.3, -0.25) is 14.9 Å². The lowest BCUT2D eigenvalue weighted by molar-refractivity contribution is -0.384. The van der Waals surface area contributed by atoms with Crippen LogP contribution < -0.4 is 0 Å². The molecule has 1 heterocycles. The van der Waals surface area contributed by atoms with E-state index in [0.717, 1.165) is 36.8 Å². The van der Waals surface area contributed by atoms with Crippen LogP contribution in [0.1, 0.15) is 36.0 Å². The number of carbonyl (C=O) groups is 1. The number of benzene rings is 2. The number of nitro benzene ring substituents is 1. The molecule has 0 N–H and O–H groups in total. The minimum atomic E-state index is -0.381. The van der Waals surface area contributed by atoms with Gasteiger partial charge in [-0.1, -0.05) is 42.8 Å². The summed E-state index contributed by atoms with van der Waals surface area (Å²) in [6, 6.07) is 15.1. The third-order valence-corrected chi connectivity index (χ3v) is 5.56. The second-order valence-electron chi connectivity index (χ2n) is 7.17. The number of non-ortho nitro benzene ring substituents is 1. The molecule has 128 valence electrons. The Kier molecular flexibility index (Phi) is 3.79. The van der Waals surface area contributed by atoms with Crippen molar-refractivity contribution in [3.63, 3.8) is 0 Å². The molecule has 4 rings (SSSR count). The number of carbonyl (C=O) groups excluding carboxylic acids is 1. The summed E-state index contributed by atoms with van der Waals surface area (Å²) >= 11 is 0. The van der Waals surface area contributed by atoms with Gasteiger partial charge in [-0.05, 0) is 36.0 Å². The van der Waals surface area contributed by atoms with E-state index in [1.807, 2.05) is 23.1 Å². The fourth-order valence-electron chi connectivity index (χ4n) is 4.03. The standard InChI is InChI=1S/C20H20N2O3/c23-19(20(9-4-10-20)12-15-5-2-1-3-6-15)21-13-16-7-8-18(22(24)25)11-17(16)14-21/h1-3,5-8,11H,4,9-10,12-14H2. The van der Waals surface area contributed by atoms with E-state index in [-0.39, 0.29) is 21.9 Å². The summed E-state index contributed by atoms with van der Waals surface area (Å²) in [6.07, 6.45) is 3.71. The fraction of sp³-hybridized carbons (Fsp3) is 0.350. The molecular weight excluding hydrogens is 316 g/mol. The predicted molar refractivity (Wildman–Crippen MR) is 93.8 cm³/mol. The maximum Gasteiger partial charge on any atom is 0.269 e. The quantitative estimate of drug-likeness (QED) is 0.629. The van der Waals surface area contributed by atoms with E-state index < -0.39 is 0 Å². The Labute approximate surface area is 146 Å². The first-order valence-corrected chi connectivity index (χ1v) is 8.67. The zero-order chi connectivity index (χ0) is 17.4. The first kappa shape index (κ1) is 15.8. The maximum atomic E-state index is 13.2. The molecule has 0 unspecified atom stereocenters. The highest BCUT2D eigenvalue weighted by Gasteiger charge is 2.47. The zero-order valence-corrected chi connectivity index (χ0v) is 14.0. The van der Waals surface area contributed by atoms with Crippen LogP contribution in [0.5, 0.6) is 0 Å². The van der Waals surface area contributed by atoms with Crippen molar-refractivity contribution in [1.82, 2.24) is 4.90 Å². The van der Waals surface area contributed by atoms with Crippen molar-refractivity contribution in [2.24, 2.45) is 5.41 Å². The predicted octanol–water partition coefficient (Wildman–Crippen LogP) is 3.85. The minimum Gasteiger partial charge on any atom is -0.334 e. The first-order valence-electron chi connectivity index (χ1n) is 8.67. The van der Waals surface area contributed by atoms with Crippen LogP contribution in [-0.2, 0) is 24.3 Å². The van der Waals surface area contributed by atoms with Gasteiger partial charge in [-0.25, -0.2) is 0 Å². The van der Waals surface area contributed by atoms with Crippen molar-refractivity contribution >= 4 is 11.6 Å². The Balaban J connectivity index is 1.53. The average Bonchev–Trinajstić information content (AvgIpc) is 3.01. The smallest absolute Gasteiger partial charge is 0.269 e. The highest BCUT2D eigenvalue weighted by atomic mass is 16.6. The lowest BCUT2D eigenvalue weighted by atomic mass is 9.64. The molecule has 0 aromatic heterocycles. The monoisotopic (exact) mass is 336 g/mol. The minimum absolute atomic E-state index is 0.0932. The summed E-state index contributed by atoms with van der Waals surface area (Å²) < 4.78 is 0. The molecule has 1 saturated carbocycles. The first-order chi connectivity index (χ1) is 12.1. The molecule has 1 amide bonds. The van der Waals surface area contributed by atoms with Gasteiger partial charge in [0.2, 0.25) is 5.91 Å². The molecule has 5 heteroatoms. The Morgan fingerprint density at radius 3 is 2.44 bits per heavy atom. The van der Waals surface area contributed by atoms with Gasteiger partial charge in [0.15, 0.2) is 0 Å². The third-order valence-electron chi connectivity index (χ3n) is 5.56. The lowest BCUT2D eigenvalue weighted by Crippen LogP contribution is -2.47. The molecule has 25 heavy (non-hydrogen) atoms. The van der Waals surface area contributed by atoms with Crippen molar-refractivity contribution in [2.45, 2.75) is 38.8 Å². The van der Waals surface area contributed by atoms with Crippen LogP contribution in [0.3, 0.4) is 0 Å². The van der Waals surface area contributed by atoms with Gasteiger partial charge in [0.05, 0.1) is 10.3 Å². The topological polar surface area (TPSA) is 63.5 Å². The molecule has 1 aliphatic heterocycles. The number of hydrogen-bond acceptors (Lipinski definition) is 3. The van der Waals surface area contributed by atoms with Gasteiger partial charge >= 0.3 is 0 Å². The lowest BCUT2D eigenvalue weighted by Gasteiger charge is -2.43. The molecule has 1 aliphatic carbocycles. The molecule has 0 atom stereocenters. The molecule has 5 nitrogen and oxygen atoms in total.